The van der Waals surface area contributed by atoms with Crippen molar-refractivity contribution in [2.45, 2.75) is 12.8 Å². The molecule has 1 aliphatic heterocycles. The van der Waals surface area contributed by atoms with Crippen molar-refractivity contribution in [2.75, 3.05) is 18.2 Å². The lowest BCUT2D eigenvalue weighted by molar-refractivity contribution is 0.0937. The smallest absolute Gasteiger partial charge is 0.264 e. The molecule has 5 heteroatoms. The number of benzene rings is 3. The summed E-state index contributed by atoms with van der Waals surface area (Å²) in [5.41, 5.74) is 4.67. The van der Waals surface area contributed by atoms with Crippen molar-refractivity contribution in [3.8, 4) is 22.6 Å². The van der Waals surface area contributed by atoms with E-state index in [0.717, 1.165) is 35.4 Å². The number of ether oxygens (including phenoxy) is 2. The predicted molar refractivity (Wildman–Crippen MR) is 129 cm³/mol. The number of carbonyl (C=O) groups excluding carboxylic acids is 1. The number of aromatic nitrogens is 1. The van der Waals surface area contributed by atoms with E-state index >= 15 is 0 Å². The van der Waals surface area contributed by atoms with Crippen molar-refractivity contribution in [1.29, 1.82) is 0 Å². The van der Waals surface area contributed by atoms with Gasteiger partial charge in [-0.15, -0.1) is 0 Å². The summed E-state index contributed by atoms with van der Waals surface area (Å²) in [6.45, 7) is 0.798. The molecule has 0 atom stereocenters. The monoisotopic (exact) mass is 436 g/mol. The highest BCUT2D eigenvalue weighted by molar-refractivity contribution is 6.09. The maximum absolute atomic E-state index is 13.1. The fourth-order valence-corrected chi connectivity index (χ4v) is 3.89. The molecule has 0 radical (unpaired) electrons. The third-order valence-corrected chi connectivity index (χ3v) is 5.66. The van der Waals surface area contributed by atoms with Crippen molar-refractivity contribution in [3.63, 3.8) is 0 Å². The Morgan fingerprint density at radius 3 is 2.55 bits per heavy atom. The first-order chi connectivity index (χ1) is 16.3. The van der Waals surface area contributed by atoms with Crippen LogP contribution >= 0.6 is 0 Å². The van der Waals surface area contributed by atoms with Gasteiger partial charge in [0.15, 0.2) is 6.73 Å². The summed E-state index contributed by atoms with van der Waals surface area (Å²) in [7, 11) is 0. The van der Waals surface area contributed by atoms with Crippen LogP contribution in [-0.2, 0) is 6.42 Å². The van der Waals surface area contributed by atoms with E-state index in [4.69, 9.17) is 9.47 Å². The minimum absolute atomic E-state index is 0.0685. The first-order valence-corrected chi connectivity index (χ1v) is 11.0. The first-order valence-electron chi connectivity index (χ1n) is 11.0. The number of carbonyl (C=O) groups is 1. The molecule has 0 aliphatic carbocycles. The zero-order valence-corrected chi connectivity index (χ0v) is 18.2. The summed E-state index contributed by atoms with van der Waals surface area (Å²) in [5.74, 6) is 1.33. The van der Waals surface area contributed by atoms with Gasteiger partial charge in [-0.1, -0.05) is 42.5 Å². The van der Waals surface area contributed by atoms with Crippen molar-refractivity contribution < 1.29 is 14.3 Å². The normalized spacial score (nSPS) is 12.7. The number of anilines is 1. The Labute approximate surface area is 193 Å². The van der Waals surface area contributed by atoms with Gasteiger partial charge < -0.3 is 9.47 Å². The number of rotatable bonds is 7. The molecule has 164 valence electrons. The highest BCUT2D eigenvalue weighted by Crippen LogP contribution is 2.33. The summed E-state index contributed by atoms with van der Waals surface area (Å²) in [6, 6.07) is 27.4. The van der Waals surface area contributed by atoms with Gasteiger partial charge in [0.1, 0.15) is 11.5 Å². The Kier molecular flexibility index (Phi) is 6.02. The van der Waals surface area contributed by atoms with Crippen LogP contribution in [0.5, 0.6) is 11.5 Å². The van der Waals surface area contributed by atoms with Crippen LogP contribution in [0, 0.1) is 0 Å². The molecular formula is C28H24N2O3. The second kappa shape index (κ2) is 9.57. The van der Waals surface area contributed by atoms with E-state index in [1.807, 2.05) is 85.1 Å². The second-order valence-corrected chi connectivity index (χ2v) is 7.89. The van der Waals surface area contributed by atoms with E-state index in [1.165, 1.54) is 5.56 Å². The molecule has 1 aliphatic rings. The molecule has 0 fully saturated rings. The van der Waals surface area contributed by atoms with Crippen LogP contribution in [-0.4, -0.2) is 24.2 Å². The fourth-order valence-electron chi connectivity index (χ4n) is 3.89. The molecule has 2 heterocycles. The lowest BCUT2D eigenvalue weighted by atomic mass is 10.0. The van der Waals surface area contributed by atoms with E-state index in [1.54, 1.807) is 11.1 Å². The van der Waals surface area contributed by atoms with Crippen LogP contribution < -0.4 is 14.4 Å². The highest BCUT2D eigenvalue weighted by atomic mass is 16.5. The lowest BCUT2D eigenvalue weighted by Gasteiger charge is -2.29. The van der Waals surface area contributed by atoms with Crippen LogP contribution in [0.1, 0.15) is 22.3 Å². The zero-order valence-electron chi connectivity index (χ0n) is 18.2. The SMILES string of the molecule is O=C1c2ccc(-c3ccccc3)cc2OCN1c1ccc(OCCCc2cccnc2)cc1. The van der Waals surface area contributed by atoms with Gasteiger partial charge in [-0.25, -0.2) is 0 Å². The third kappa shape index (κ3) is 4.72. The molecule has 1 amide bonds. The molecule has 0 spiro atoms. The molecule has 4 aromatic rings. The topological polar surface area (TPSA) is 51.7 Å². The summed E-state index contributed by atoms with van der Waals surface area (Å²) < 4.78 is 11.8. The lowest BCUT2D eigenvalue weighted by Crippen LogP contribution is -2.38. The van der Waals surface area contributed by atoms with Crippen molar-refractivity contribution in [3.05, 3.63) is 108 Å². The van der Waals surface area contributed by atoms with E-state index in [0.29, 0.717) is 17.9 Å². The number of amides is 1. The molecule has 5 rings (SSSR count). The number of pyridine rings is 1. The molecule has 0 unspecified atom stereocenters. The van der Waals surface area contributed by atoms with Gasteiger partial charge in [0.05, 0.1) is 12.2 Å². The standard InChI is InChI=1S/C28H24N2O3/c31-28-26-15-10-23(22-8-2-1-3-9-22)18-27(26)33-20-30(28)24-11-13-25(14-12-24)32-17-5-7-21-6-4-16-29-19-21/h1-4,6,8-16,18-19H,5,7,17,20H2. The number of fused-ring (bicyclic) bond motifs is 1. The predicted octanol–water partition coefficient (Wildman–Crippen LogP) is 5.76. The highest BCUT2D eigenvalue weighted by Gasteiger charge is 2.27. The molecule has 33 heavy (non-hydrogen) atoms. The Bertz CT molecular complexity index is 1230. The number of aryl methyl sites for hydroxylation is 1. The molecular weight excluding hydrogens is 412 g/mol. The van der Waals surface area contributed by atoms with Crippen molar-refractivity contribution in [1.82, 2.24) is 4.98 Å². The van der Waals surface area contributed by atoms with Gasteiger partial charge in [-0.2, -0.15) is 0 Å². The van der Waals surface area contributed by atoms with Gasteiger partial charge >= 0.3 is 0 Å². The molecule has 0 saturated heterocycles. The summed E-state index contributed by atoms with van der Waals surface area (Å²) >= 11 is 0. The fraction of sp³-hybridized carbons (Fsp3) is 0.143. The summed E-state index contributed by atoms with van der Waals surface area (Å²) in [4.78, 5) is 18.9. The maximum Gasteiger partial charge on any atom is 0.264 e. The summed E-state index contributed by atoms with van der Waals surface area (Å²) in [6.07, 6.45) is 5.50. The second-order valence-electron chi connectivity index (χ2n) is 7.89. The van der Waals surface area contributed by atoms with E-state index in [-0.39, 0.29) is 12.6 Å². The van der Waals surface area contributed by atoms with Crippen LogP contribution in [0.2, 0.25) is 0 Å². The summed E-state index contributed by atoms with van der Waals surface area (Å²) in [5, 5.41) is 0. The molecule has 0 bridgehead atoms. The van der Waals surface area contributed by atoms with Crippen LogP contribution in [0.25, 0.3) is 11.1 Å². The van der Waals surface area contributed by atoms with Gasteiger partial charge in [0.2, 0.25) is 0 Å². The van der Waals surface area contributed by atoms with Gasteiger partial charge in [0.25, 0.3) is 5.91 Å². The Balaban J connectivity index is 1.21. The van der Waals surface area contributed by atoms with Gasteiger partial charge in [0, 0.05) is 18.1 Å². The van der Waals surface area contributed by atoms with E-state index < -0.39 is 0 Å². The van der Waals surface area contributed by atoms with E-state index in [9.17, 15) is 4.79 Å². The molecule has 1 aromatic heterocycles. The Morgan fingerprint density at radius 1 is 0.909 bits per heavy atom. The average molecular weight is 437 g/mol. The number of hydrogen-bond acceptors (Lipinski definition) is 4. The maximum atomic E-state index is 13.1. The minimum atomic E-state index is -0.0685. The molecule has 3 aromatic carbocycles. The Hall–Kier alpha value is -4.12. The number of nitrogens with zero attached hydrogens (tertiary/aromatic N) is 2. The zero-order chi connectivity index (χ0) is 22.5. The van der Waals surface area contributed by atoms with E-state index in [2.05, 4.69) is 11.1 Å². The quantitative estimate of drug-likeness (QED) is 0.346. The van der Waals surface area contributed by atoms with Gasteiger partial charge in [-0.3, -0.25) is 14.7 Å². The molecule has 5 nitrogen and oxygen atoms in total. The largest absolute Gasteiger partial charge is 0.494 e. The molecule has 0 saturated carbocycles. The van der Waals surface area contributed by atoms with Crippen LogP contribution in [0.3, 0.4) is 0 Å². The van der Waals surface area contributed by atoms with Crippen LogP contribution in [0.4, 0.5) is 5.69 Å². The first kappa shape index (κ1) is 20.8. The Morgan fingerprint density at radius 2 is 1.76 bits per heavy atom. The van der Waals surface area contributed by atoms with Gasteiger partial charge in [-0.05, 0) is 72.0 Å². The third-order valence-electron chi connectivity index (χ3n) is 5.66. The minimum Gasteiger partial charge on any atom is -0.494 e. The van der Waals surface area contributed by atoms with Crippen molar-refractivity contribution >= 4 is 11.6 Å². The van der Waals surface area contributed by atoms with Crippen molar-refractivity contribution in [2.24, 2.45) is 0 Å². The average Bonchev–Trinajstić information content (AvgIpc) is 2.88. The number of hydrogen-bond donors (Lipinski definition) is 0. The van der Waals surface area contributed by atoms with Crippen LogP contribution in [0.15, 0.2) is 97.3 Å². The molecule has 0 N–H and O–H groups in total.